The number of nitrogens with one attached hydrogen (secondary N) is 1. The molecule has 0 saturated carbocycles. The standard InChI is InChI=1S/C23H22FN5O/c1-4-21(16-7-9-17(24)10-8-16)29-13-20(27-28-29)23(30)26-22-14(2)5-12-19-18(22)11-6-15(3)25-19/h5-13,21H,4H2,1-3H3,(H,26,30). The van der Waals surface area contributed by atoms with E-state index in [0.717, 1.165) is 34.1 Å². The van der Waals surface area contributed by atoms with Crippen LogP contribution in [0, 0.1) is 19.7 Å². The number of pyridine rings is 1. The van der Waals surface area contributed by atoms with Crippen molar-refractivity contribution in [3.8, 4) is 0 Å². The number of hydrogen-bond donors (Lipinski definition) is 1. The van der Waals surface area contributed by atoms with Gasteiger partial charge >= 0.3 is 0 Å². The maximum absolute atomic E-state index is 13.2. The Hall–Kier alpha value is -3.61. The Balaban J connectivity index is 1.61. The van der Waals surface area contributed by atoms with Gasteiger partial charge in [-0.1, -0.05) is 30.3 Å². The molecule has 4 aromatic rings. The SMILES string of the molecule is CCC(c1ccc(F)cc1)n1cc(C(=O)Nc2c(C)ccc3nc(C)ccc23)nn1. The first kappa shape index (κ1) is 19.7. The van der Waals surface area contributed by atoms with E-state index in [-0.39, 0.29) is 23.5 Å². The molecule has 2 aromatic heterocycles. The number of nitrogens with zero attached hydrogens (tertiary/aromatic N) is 4. The van der Waals surface area contributed by atoms with Crippen molar-refractivity contribution in [3.63, 3.8) is 0 Å². The Bertz CT molecular complexity index is 1220. The molecule has 7 heteroatoms. The van der Waals surface area contributed by atoms with Crippen molar-refractivity contribution in [3.05, 3.63) is 83.1 Å². The Morgan fingerprint density at radius 1 is 1.10 bits per heavy atom. The molecular weight excluding hydrogens is 381 g/mol. The lowest BCUT2D eigenvalue weighted by atomic mass is 10.0. The molecular formula is C23H22FN5O. The molecule has 0 spiro atoms. The van der Waals surface area contributed by atoms with Crippen LogP contribution < -0.4 is 5.32 Å². The minimum absolute atomic E-state index is 0.133. The van der Waals surface area contributed by atoms with Crippen LogP contribution in [0.1, 0.15) is 46.7 Å². The molecule has 30 heavy (non-hydrogen) atoms. The zero-order valence-corrected chi connectivity index (χ0v) is 17.1. The number of benzene rings is 2. The Morgan fingerprint density at radius 3 is 2.60 bits per heavy atom. The predicted octanol–water partition coefficient (Wildman–Crippen LogP) is 4.83. The van der Waals surface area contributed by atoms with E-state index in [2.05, 4.69) is 20.6 Å². The van der Waals surface area contributed by atoms with Crippen molar-refractivity contribution in [2.24, 2.45) is 0 Å². The quantitative estimate of drug-likeness (QED) is 0.518. The van der Waals surface area contributed by atoms with Gasteiger partial charge in [0.1, 0.15) is 5.82 Å². The number of rotatable bonds is 5. The summed E-state index contributed by atoms with van der Waals surface area (Å²) < 4.78 is 14.9. The summed E-state index contributed by atoms with van der Waals surface area (Å²) in [6.45, 7) is 5.87. The third kappa shape index (κ3) is 3.78. The maximum atomic E-state index is 13.2. The van der Waals surface area contributed by atoms with Crippen LogP contribution >= 0.6 is 0 Å². The van der Waals surface area contributed by atoms with Gasteiger partial charge in [-0.05, 0) is 61.7 Å². The van der Waals surface area contributed by atoms with Gasteiger partial charge in [0.2, 0.25) is 0 Å². The monoisotopic (exact) mass is 403 g/mol. The Morgan fingerprint density at radius 2 is 1.87 bits per heavy atom. The van der Waals surface area contributed by atoms with E-state index >= 15 is 0 Å². The highest BCUT2D eigenvalue weighted by molar-refractivity contribution is 6.08. The molecule has 0 fully saturated rings. The predicted molar refractivity (Wildman–Crippen MR) is 114 cm³/mol. The topological polar surface area (TPSA) is 72.7 Å². The van der Waals surface area contributed by atoms with Crippen molar-refractivity contribution < 1.29 is 9.18 Å². The lowest BCUT2D eigenvalue weighted by Gasteiger charge is -2.15. The first-order valence-electron chi connectivity index (χ1n) is 9.82. The summed E-state index contributed by atoms with van der Waals surface area (Å²) in [6, 6.07) is 13.9. The van der Waals surface area contributed by atoms with E-state index < -0.39 is 0 Å². The number of carbonyl (C=O) groups excluding carboxylic acids is 1. The second kappa shape index (κ2) is 8.02. The molecule has 0 bridgehead atoms. The highest BCUT2D eigenvalue weighted by atomic mass is 19.1. The molecule has 0 aliphatic carbocycles. The van der Waals surface area contributed by atoms with Crippen molar-refractivity contribution in [1.29, 1.82) is 0 Å². The van der Waals surface area contributed by atoms with Crippen LogP contribution in [0.3, 0.4) is 0 Å². The van der Waals surface area contributed by atoms with Crippen LogP contribution in [0.2, 0.25) is 0 Å². The average molecular weight is 403 g/mol. The van der Waals surface area contributed by atoms with Crippen molar-refractivity contribution >= 4 is 22.5 Å². The van der Waals surface area contributed by atoms with Crippen molar-refractivity contribution in [2.75, 3.05) is 5.32 Å². The van der Waals surface area contributed by atoms with Crippen LogP contribution in [-0.4, -0.2) is 25.9 Å². The van der Waals surface area contributed by atoms with Gasteiger partial charge in [0.25, 0.3) is 5.91 Å². The summed E-state index contributed by atoms with van der Waals surface area (Å²) in [5.74, 6) is -0.631. The number of carbonyl (C=O) groups is 1. The third-order valence-electron chi connectivity index (χ3n) is 5.16. The van der Waals surface area contributed by atoms with E-state index in [0.29, 0.717) is 5.69 Å². The second-order valence-corrected chi connectivity index (χ2v) is 7.29. The van der Waals surface area contributed by atoms with Crippen LogP contribution in [-0.2, 0) is 0 Å². The third-order valence-corrected chi connectivity index (χ3v) is 5.16. The summed E-state index contributed by atoms with van der Waals surface area (Å²) in [7, 11) is 0. The maximum Gasteiger partial charge on any atom is 0.277 e. The number of halogens is 1. The summed E-state index contributed by atoms with van der Waals surface area (Å²) in [6.07, 6.45) is 2.35. The molecule has 2 aromatic carbocycles. The van der Waals surface area contributed by atoms with E-state index in [1.807, 2.05) is 45.0 Å². The van der Waals surface area contributed by atoms with Gasteiger partial charge < -0.3 is 5.32 Å². The molecule has 0 saturated heterocycles. The van der Waals surface area contributed by atoms with Gasteiger partial charge in [0.15, 0.2) is 5.69 Å². The molecule has 152 valence electrons. The summed E-state index contributed by atoms with van der Waals surface area (Å²) in [5.41, 5.74) is 4.51. The van der Waals surface area contributed by atoms with Gasteiger partial charge in [0.05, 0.1) is 23.4 Å². The van der Waals surface area contributed by atoms with Gasteiger partial charge in [-0.15, -0.1) is 5.10 Å². The Kier molecular flexibility index (Phi) is 5.27. The van der Waals surface area contributed by atoms with E-state index in [1.165, 1.54) is 12.1 Å². The summed E-state index contributed by atoms with van der Waals surface area (Å²) in [4.78, 5) is 17.4. The molecule has 0 aliphatic heterocycles. The normalized spacial score (nSPS) is 12.1. The zero-order valence-electron chi connectivity index (χ0n) is 17.1. The Labute approximate surface area is 173 Å². The van der Waals surface area contributed by atoms with Gasteiger partial charge in [0, 0.05) is 11.1 Å². The van der Waals surface area contributed by atoms with Crippen molar-refractivity contribution in [1.82, 2.24) is 20.0 Å². The lowest BCUT2D eigenvalue weighted by molar-refractivity contribution is 0.102. The van der Waals surface area contributed by atoms with Crippen molar-refractivity contribution in [2.45, 2.75) is 33.2 Å². The molecule has 1 amide bonds. The van der Waals surface area contributed by atoms with Crippen LogP contribution in [0.5, 0.6) is 0 Å². The summed E-state index contributed by atoms with van der Waals surface area (Å²) >= 11 is 0. The molecule has 1 atom stereocenters. The fourth-order valence-corrected chi connectivity index (χ4v) is 3.55. The fourth-order valence-electron chi connectivity index (χ4n) is 3.55. The number of anilines is 1. The number of fused-ring (bicyclic) bond motifs is 1. The minimum Gasteiger partial charge on any atom is -0.320 e. The van der Waals surface area contributed by atoms with Gasteiger partial charge in [-0.3, -0.25) is 9.78 Å². The minimum atomic E-state index is -0.341. The highest BCUT2D eigenvalue weighted by Crippen LogP contribution is 2.27. The largest absolute Gasteiger partial charge is 0.320 e. The highest BCUT2D eigenvalue weighted by Gasteiger charge is 2.18. The van der Waals surface area contributed by atoms with Crippen LogP contribution in [0.4, 0.5) is 10.1 Å². The van der Waals surface area contributed by atoms with E-state index in [1.54, 1.807) is 23.0 Å². The smallest absolute Gasteiger partial charge is 0.277 e. The van der Waals surface area contributed by atoms with E-state index in [4.69, 9.17) is 0 Å². The molecule has 4 rings (SSSR count). The molecule has 1 N–H and O–H groups in total. The first-order chi connectivity index (χ1) is 14.5. The molecule has 2 heterocycles. The average Bonchev–Trinajstić information content (AvgIpc) is 3.22. The number of aryl methyl sites for hydroxylation is 2. The van der Waals surface area contributed by atoms with Crippen LogP contribution in [0.25, 0.3) is 10.9 Å². The van der Waals surface area contributed by atoms with Crippen LogP contribution in [0.15, 0.2) is 54.7 Å². The van der Waals surface area contributed by atoms with E-state index in [9.17, 15) is 9.18 Å². The van der Waals surface area contributed by atoms with Gasteiger partial charge in [-0.2, -0.15) is 0 Å². The van der Waals surface area contributed by atoms with Gasteiger partial charge in [-0.25, -0.2) is 9.07 Å². The molecule has 1 unspecified atom stereocenters. The lowest BCUT2D eigenvalue weighted by Crippen LogP contribution is -2.14. The molecule has 0 radical (unpaired) electrons. The molecule has 6 nitrogen and oxygen atoms in total. The fraction of sp³-hybridized carbons (Fsp3) is 0.217. The number of aromatic nitrogens is 4. The number of amides is 1. The first-order valence-corrected chi connectivity index (χ1v) is 9.82. The zero-order chi connectivity index (χ0) is 21.3. The molecule has 0 aliphatic rings. The number of hydrogen-bond acceptors (Lipinski definition) is 4. The second-order valence-electron chi connectivity index (χ2n) is 7.29. The summed E-state index contributed by atoms with van der Waals surface area (Å²) in [5, 5.41) is 12.0.